The van der Waals surface area contributed by atoms with E-state index in [0.717, 1.165) is 11.8 Å². The van der Waals surface area contributed by atoms with E-state index in [1.165, 1.54) is 12.1 Å². The van der Waals surface area contributed by atoms with Crippen molar-refractivity contribution in [2.75, 3.05) is 0 Å². The molecule has 0 saturated heterocycles. The summed E-state index contributed by atoms with van der Waals surface area (Å²) in [5.74, 6) is -2.05. The summed E-state index contributed by atoms with van der Waals surface area (Å²) < 4.78 is 28.4. The van der Waals surface area contributed by atoms with Crippen molar-refractivity contribution >= 4 is 11.7 Å². The largest absolute Gasteiger partial charge is 0.351 e. The Hall–Kier alpha value is -3.28. The SMILES string of the molecule is O=C(c1ccccc1)c1ccc2n1CCC2C(=O)NCc1cc(F)cc(F)c1. The highest BCUT2D eigenvalue weighted by Crippen LogP contribution is 2.31. The molecule has 2 heterocycles. The average Bonchev–Trinajstić information content (AvgIpc) is 3.27. The van der Waals surface area contributed by atoms with Crippen LogP contribution in [0.5, 0.6) is 0 Å². The first-order valence-electron chi connectivity index (χ1n) is 9.05. The number of halogens is 2. The van der Waals surface area contributed by atoms with E-state index >= 15 is 0 Å². The van der Waals surface area contributed by atoms with Crippen LogP contribution in [-0.2, 0) is 17.9 Å². The third-order valence-corrected chi connectivity index (χ3v) is 4.99. The Morgan fingerprint density at radius 3 is 2.43 bits per heavy atom. The van der Waals surface area contributed by atoms with Gasteiger partial charge in [-0.2, -0.15) is 0 Å². The molecule has 4 nitrogen and oxygen atoms in total. The van der Waals surface area contributed by atoms with Gasteiger partial charge in [0.2, 0.25) is 11.7 Å². The monoisotopic (exact) mass is 380 g/mol. The summed E-state index contributed by atoms with van der Waals surface area (Å²) in [6, 6.07) is 15.7. The van der Waals surface area contributed by atoms with Crippen LogP contribution < -0.4 is 5.32 Å². The van der Waals surface area contributed by atoms with Gasteiger partial charge in [0, 0.05) is 30.4 Å². The van der Waals surface area contributed by atoms with E-state index in [0.29, 0.717) is 29.8 Å². The standard InChI is InChI=1S/C22H18F2N2O2/c23-16-10-14(11-17(24)12-16)13-25-22(28)18-8-9-26-19(18)6-7-20(26)21(27)15-4-2-1-3-5-15/h1-7,10-12,18H,8-9,13H2,(H,25,28). The van der Waals surface area contributed by atoms with Gasteiger partial charge in [-0.1, -0.05) is 30.3 Å². The van der Waals surface area contributed by atoms with E-state index in [4.69, 9.17) is 0 Å². The van der Waals surface area contributed by atoms with Gasteiger partial charge in [0.25, 0.3) is 0 Å². The molecule has 0 saturated carbocycles. The fourth-order valence-electron chi connectivity index (χ4n) is 3.67. The van der Waals surface area contributed by atoms with Crippen molar-refractivity contribution in [3.8, 4) is 0 Å². The molecule has 1 N–H and O–H groups in total. The topological polar surface area (TPSA) is 51.1 Å². The Balaban J connectivity index is 1.48. The number of rotatable bonds is 5. The first-order chi connectivity index (χ1) is 13.5. The number of carbonyl (C=O) groups excluding carboxylic acids is 2. The van der Waals surface area contributed by atoms with Gasteiger partial charge in [-0.25, -0.2) is 8.78 Å². The molecule has 1 aromatic heterocycles. The molecule has 0 aliphatic carbocycles. The number of carbonyl (C=O) groups is 2. The van der Waals surface area contributed by atoms with Gasteiger partial charge in [-0.3, -0.25) is 9.59 Å². The smallest absolute Gasteiger partial charge is 0.229 e. The van der Waals surface area contributed by atoms with E-state index in [-0.39, 0.29) is 18.2 Å². The number of nitrogens with zero attached hydrogens (tertiary/aromatic N) is 1. The maximum atomic E-state index is 13.3. The van der Waals surface area contributed by atoms with Crippen molar-refractivity contribution in [2.45, 2.75) is 25.4 Å². The molecule has 0 spiro atoms. The number of ketones is 1. The second kappa shape index (κ2) is 7.38. The van der Waals surface area contributed by atoms with Crippen LogP contribution in [0.1, 0.15) is 39.6 Å². The molecule has 0 bridgehead atoms. The lowest BCUT2D eigenvalue weighted by Gasteiger charge is -2.11. The quantitative estimate of drug-likeness (QED) is 0.685. The number of aromatic nitrogens is 1. The van der Waals surface area contributed by atoms with E-state index in [1.807, 2.05) is 22.8 Å². The number of amides is 1. The maximum Gasteiger partial charge on any atom is 0.229 e. The van der Waals surface area contributed by atoms with Crippen molar-refractivity contribution < 1.29 is 18.4 Å². The maximum absolute atomic E-state index is 13.3. The van der Waals surface area contributed by atoms with Crippen LogP contribution in [0.4, 0.5) is 8.78 Å². The zero-order valence-electron chi connectivity index (χ0n) is 15.0. The second-order valence-electron chi connectivity index (χ2n) is 6.83. The molecular weight excluding hydrogens is 362 g/mol. The van der Waals surface area contributed by atoms with Crippen LogP contribution in [-0.4, -0.2) is 16.3 Å². The van der Waals surface area contributed by atoms with E-state index in [9.17, 15) is 18.4 Å². The highest BCUT2D eigenvalue weighted by Gasteiger charge is 2.31. The average molecular weight is 380 g/mol. The molecule has 4 rings (SSSR count). The van der Waals surface area contributed by atoms with Gasteiger partial charge < -0.3 is 9.88 Å². The molecule has 0 fully saturated rings. The molecule has 1 aliphatic rings. The van der Waals surface area contributed by atoms with Crippen LogP contribution >= 0.6 is 0 Å². The molecule has 6 heteroatoms. The summed E-state index contributed by atoms with van der Waals surface area (Å²) in [4.78, 5) is 25.3. The van der Waals surface area contributed by atoms with Crippen LogP contribution in [0, 0.1) is 11.6 Å². The first-order valence-corrected chi connectivity index (χ1v) is 9.05. The van der Waals surface area contributed by atoms with Gasteiger partial charge in [0.15, 0.2) is 0 Å². The molecule has 28 heavy (non-hydrogen) atoms. The van der Waals surface area contributed by atoms with E-state index in [2.05, 4.69) is 5.32 Å². The Morgan fingerprint density at radius 1 is 1.00 bits per heavy atom. The molecule has 1 amide bonds. The van der Waals surface area contributed by atoms with Gasteiger partial charge in [0.05, 0.1) is 11.6 Å². The summed E-state index contributed by atoms with van der Waals surface area (Å²) in [7, 11) is 0. The first kappa shape index (κ1) is 18.1. The summed E-state index contributed by atoms with van der Waals surface area (Å²) in [5.41, 5.74) is 2.30. The Kier molecular flexibility index (Phi) is 4.77. The zero-order chi connectivity index (χ0) is 19.7. The van der Waals surface area contributed by atoms with Gasteiger partial charge in [-0.05, 0) is 36.2 Å². The van der Waals surface area contributed by atoms with Gasteiger partial charge >= 0.3 is 0 Å². The predicted octanol–water partition coefficient (Wildman–Crippen LogP) is 3.80. The van der Waals surface area contributed by atoms with Crippen LogP contribution in [0.25, 0.3) is 0 Å². The number of benzene rings is 2. The predicted molar refractivity (Wildman–Crippen MR) is 99.9 cm³/mol. The Morgan fingerprint density at radius 2 is 1.71 bits per heavy atom. The Labute approximate surface area is 160 Å². The minimum atomic E-state index is -0.678. The summed E-state index contributed by atoms with van der Waals surface area (Å²) >= 11 is 0. The van der Waals surface area contributed by atoms with Crippen molar-refractivity contribution in [2.24, 2.45) is 0 Å². The molecule has 3 aromatic rings. The lowest BCUT2D eigenvalue weighted by molar-refractivity contribution is -0.122. The number of hydrogen-bond donors (Lipinski definition) is 1. The lowest BCUT2D eigenvalue weighted by atomic mass is 10.0. The van der Waals surface area contributed by atoms with Crippen molar-refractivity contribution in [3.63, 3.8) is 0 Å². The van der Waals surface area contributed by atoms with Crippen molar-refractivity contribution in [1.29, 1.82) is 0 Å². The van der Waals surface area contributed by atoms with Gasteiger partial charge in [0.1, 0.15) is 11.6 Å². The molecule has 1 aliphatic heterocycles. The number of hydrogen-bond acceptors (Lipinski definition) is 2. The van der Waals surface area contributed by atoms with Crippen LogP contribution in [0.3, 0.4) is 0 Å². The normalized spacial score (nSPS) is 15.3. The zero-order valence-corrected chi connectivity index (χ0v) is 15.0. The fraction of sp³-hybridized carbons (Fsp3) is 0.182. The highest BCUT2D eigenvalue weighted by molar-refractivity contribution is 6.08. The summed E-state index contributed by atoms with van der Waals surface area (Å²) in [5, 5.41) is 2.74. The molecule has 1 unspecified atom stereocenters. The highest BCUT2D eigenvalue weighted by atomic mass is 19.1. The molecule has 1 atom stereocenters. The van der Waals surface area contributed by atoms with E-state index < -0.39 is 17.6 Å². The van der Waals surface area contributed by atoms with Crippen molar-refractivity contribution in [3.05, 3.63) is 94.8 Å². The van der Waals surface area contributed by atoms with Crippen LogP contribution in [0.15, 0.2) is 60.7 Å². The fourth-order valence-corrected chi connectivity index (χ4v) is 3.67. The minimum Gasteiger partial charge on any atom is -0.351 e. The summed E-state index contributed by atoms with van der Waals surface area (Å²) in [6.45, 7) is 0.615. The number of nitrogens with one attached hydrogen (secondary N) is 1. The molecular formula is C22H18F2N2O2. The summed E-state index contributed by atoms with van der Waals surface area (Å²) in [6.07, 6.45) is 0.578. The lowest BCUT2D eigenvalue weighted by Crippen LogP contribution is -2.28. The van der Waals surface area contributed by atoms with Crippen molar-refractivity contribution in [1.82, 2.24) is 9.88 Å². The van der Waals surface area contributed by atoms with Crippen LogP contribution in [0.2, 0.25) is 0 Å². The number of fused-ring (bicyclic) bond motifs is 1. The molecule has 2 aromatic carbocycles. The van der Waals surface area contributed by atoms with Gasteiger partial charge in [-0.15, -0.1) is 0 Å². The van der Waals surface area contributed by atoms with E-state index in [1.54, 1.807) is 24.3 Å². The second-order valence-corrected chi connectivity index (χ2v) is 6.83. The third-order valence-electron chi connectivity index (χ3n) is 4.99. The molecule has 0 radical (unpaired) electrons. The molecule has 142 valence electrons. The Bertz CT molecular complexity index is 1020. The minimum absolute atomic E-state index is 0.0422. The third kappa shape index (κ3) is 3.45.